The molecule has 3 aliphatic rings. The first kappa shape index (κ1) is 28.4. The molecule has 1 aromatic carbocycles. The number of aromatic nitrogens is 2. The molecule has 0 radical (unpaired) electrons. The highest BCUT2D eigenvalue weighted by Crippen LogP contribution is 2.44. The Labute approximate surface area is 229 Å². The van der Waals surface area contributed by atoms with Crippen LogP contribution in [0, 0.1) is 5.92 Å². The molecule has 1 aliphatic carbocycles. The average molecular weight is 585 g/mol. The van der Waals surface area contributed by atoms with Crippen LogP contribution >= 0.6 is 0 Å². The van der Waals surface area contributed by atoms with Crippen molar-refractivity contribution in [1.82, 2.24) is 15.1 Å². The number of ether oxygens (including phenoxy) is 2. The molecule has 5 rings (SSSR count). The van der Waals surface area contributed by atoms with E-state index in [2.05, 4.69) is 10.6 Å². The predicted octanol–water partition coefficient (Wildman–Crippen LogP) is 2.75. The molecule has 1 atom stereocenters. The Bertz CT molecular complexity index is 1420. The Morgan fingerprint density at radius 3 is 2.75 bits per heavy atom. The summed E-state index contributed by atoms with van der Waals surface area (Å²) in [5.74, 6) is -1.29. The molecule has 0 unspecified atom stereocenters. The van der Waals surface area contributed by atoms with E-state index in [-0.39, 0.29) is 17.1 Å². The smallest absolute Gasteiger partial charge is 0.422 e. The number of hydrogen-bond donors (Lipinski definition) is 2. The third-order valence-electron chi connectivity index (χ3n) is 7.63. The van der Waals surface area contributed by atoms with Crippen LogP contribution in [0.3, 0.4) is 0 Å². The summed E-state index contributed by atoms with van der Waals surface area (Å²) in [6.07, 6.45) is 0.386. The van der Waals surface area contributed by atoms with E-state index in [1.807, 2.05) is 0 Å². The van der Waals surface area contributed by atoms with Crippen molar-refractivity contribution >= 4 is 27.5 Å². The van der Waals surface area contributed by atoms with E-state index < -0.39 is 45.7 Å². The number of anilines is 1. The van der Waals surface area contributed by atoms with E-state index >= 15 is 0 Å². The van der Waals surface area contributed by atoms with Crippen LogP contribution in [0.2, 0.25) is 0 Å². The van der Waals surface area contributed by atoms with E-state index in [4.69, 9.17) is 14.6 Å². The molecule has 0 saturated carbocycles. The SMILES string of the molecule is CS(=O)(=O)CC(=O)Nc1c2c(nn1CCC1CCOCC1)C[C@]1(CCc3cc(OCC(F)(F)F)ccc31)NC2=O. The van der Waals surface area contributed by atoms with Crippen molar-refractivity contribution in [3.05, 3.63) is 40.6 Å². The third kappa shape index (κ3) is 6.27. The van der Waals surface area contributed by atoms with E-state index in [0.717, 1.165) is 36.6 Å². The lowest BCUT2D eigenvalue weighted by atomic mass is 9.82. The Balaban J connectivity index is 1.42. The second-order valence-corrected chi connectivity index (χ2v) is 12.9. The topological polar surface area (TPSA) is 129 Å². The predicted molar refractivity (Wildman–Crippen MR) is 138 cm³/mol. The second kappa shape index (κ2) is 10.7. The first-order chi connectivity index (χ1) is 18.8. The quantitative estimate of drug-likeness (QED) is 0.488. The van der Waals surface area contributed by atoms with Gasteiger partial charge in [0.2, 0.25) is 5.91 Å². The fourth-order valence-electron chi connectivity index (χ4n) is 5.81. The highest BCUT2D eigenvalue weighted by molar-refractivity contribution is 7.91. The number of nitrogens with one attached hydrogen (secondary N) is 2. The summed E-state index contributed by atoms with van der Waals surface area (Å²) < 4.78 is 73.1. The van der Waals surface area contributed by atoms with Crippen molar-refractivity contribution in [3.63, 3.8) is 0 Å². The van der Waals surface area contributed by atoms with E-state index in [0.29, 0.717) is 50.6 Å². The van der Waals surface area contributed by atoms with E-state index in [1.54, 1.807) is 16.8 Å². The minimum Gasteiger partial charge on any atom is -0.484 e. The number of carbonyl (C=O) groups excluding carboxylic acids is 2. The van der Waals surface area contributed by atoms with Crippen molar-refractivity contribution < 1.29 is 40.7 Å². The van der Waals surface area contributed by atoms with Crippen LogP contribution in [-0.4, -0.2) is 68.0 Å². The zero-order valence-electron chi connectivity index (χ0n) is 22.0. The van der Waals surface area contributed by atoms with Crippen molar-refractivity contribution in [3.8, 4) is 5.75 Å². The molecule has 40 heavy (non-hydrogen) atoms. The van der Waals surface area contributed by atoms with Crippen molar-refractivity contribution in [2.24, 2.45) is 5.92 Å². The highest BCUT2D eigenvalue weighted by atomic mass is 32.2. The molecule has 1 spiro atoms. The molecule has 2 N–H and O–H groups in total. The Morgan fingerprint density at radius 2 is 2.05 bits per heavy atom. The van der Waals surface area contributed by atoms with Gasteiger partial charge in [0.05, 0.1) is 11.2 Å². The average Bonchev–Trinajstić information content (AvgIpc) is 3.38. The Hall–Kier alpha value is -3.13. The van der Waals surface area contributed by atoms with Crippen LogP contribution in [0.15, 0.2) is 18.2 Å². The number of benzene rings is 1. The molecule has 1 saturated heterocycles. The van der Waals surface area contributed by atoms with Crippen molar-refractivity contribution in [2.45, 2.75) is 56.8 Å². The monoisotopic (exact) mass is 584 g/mol. The maximum Gasteiger partial charge on any atom is 0.422 e. The van der Waals surface area contributed by atoms with E-state index in [9.17, 15) is 31.2 Å². The molecular weight excluding hydrogens is 553 g/mol. The summed E-state index contributed by atoms with van der Waals surface area (Å²) >= 11 is 0. The number of hydrogen-bond acceptors (Lipinski definition) is 7. The lowest BCUT2D eigenvalue weighted by Gasteiger charge is -2.35. The number of nitrogens with zero attached hydrogens (tertiary/aromatic N) is 2. The van der Waals surface area contributed by atoms with Gasteiger partial charge in [-0.2, -0.15) is 18.3 Å². The van der Waals surface area contributed by atoms with Gasteiger partial charge in [-0.25, -0.2) is 13.1 Å². The number of halogens is 3. The molecule has 218 valence electrons. The number of alkyl halides is 3. The van der Waals surface area contributed by atoms with E-state index in [1.165, 1.54) is 6.07 Å². The minimum atomic E-state index is -4.45. The Kier molecular flexibility index (Phi) is 7.59. The molecule has 1 fully saturated rings. The fraction of sp³-hybridized carbons (Fsp3) is 0.577. The van der Waals surface area contributed by atoms with Crippen LogP contribution in [0.1, 0.15) is 52.9 Å². The molecule has 2 aliphatic heterocycles. The maximum atomic E-state index is 13.5. The molecule has 10 nitrogen and oxygen atoms in total. The molecular formula is C26H31F3N4O6S. The molecule has 1 aromatic heterocycles. The summed E-state index contributed by atoms with van der Waals surface area (Å²) in [5.41, 5.74) is 1.42. The fourth-order valence-corrected chi connectivity index (χ4v) is 6.36. The third-order valence-corrected chi connectivity index (χ3v) is 8.42. The van der Waals surface area contributed by atoms with Crippen LogP contribution in [0.25, 0.3) is 0 Å². The number of fused-ring (bicyclic) bond motifs is 3. The zero-order chi connectivity index (χ0) is 28.7. The summed E-state index contributed by atoms with van der Waals surface area (Å²) in [4.78, 5) is 26.1. The largest absolute Gasteiger partial charge is 0.484 e. The molecule has 2 aromatic rings. The van der Waals surface area contributed by atoms with Gasteiger partial charge >= 0.3 is 6.18 Å². The number of aryl methyl sites for hydroxylation is 2. The van der Waals surface area contributed by atoms with Gasteiger partial charge in [0, 0.05) is 32.4 Å². The summed E-state index contributed by atoms with van der Waals surface area (Å²) in [6.45, 7) is 0.371. The Morgan fingerprint density at radius 1 is 1.30 bits per heavy atom. The molecule has 3 heterocycles. The zero-order valence-corrected chi connectivity index (χ0v) is 22.8. The molecule has 0 bridgehead atoms. The van der Waals surface area contributed by atoms with Gasteiger partial charge in [-0.1, -0.05) is 6.07 Å². The van der Waals surface area contributed by atoms with Crippen molar-refractivity contribution in [1.29, 1.82) is 0 Å². The second-order valence-electron chi connectivity index (χ2n) is 10.8. The summed E-state index contributed by atoms with van der Waals surface area (Å²) in [6, 6.07) is 4.71. The van der Waals surface area contributed by atoms with Crippen LogP contribution < -0.4 is 15.4 Å². The van der Waals surface area contributed by atoms with Gasteiger partial charge in [0.1, 0.15) is 22.9 Å². The van der Waals surface area contributed by atoms with Crippen molar-refractivity contribution in [2.75, 3.05) is 37.1 Å². The maximum absolute atomic E-state index is 13.5. The van der Waals surface area contributed by atoms with Gasteiger partial charge in [-0.3, -0.25) is 9.59 Å². The van der Waals surface area contributed by atoms with Crippen LogP contribution in [0.5, 0.6) is 5.75 Å². The molecule has 2 amide bonds. The normalized spacial score (nSPS) is 21.1. The molecule has 14 heteroatoms. The standard InChI is InChI=1S/C26H31F3N4O6S/c1-40(36,37)14-21(34)30-23-22-20(32-33(23)9-5-16-6-10-38-11-7-16)13-25(31-24(22)35)8-4-17-12-18(2-3-19(17)25)39-15-26(27,28)29/h2-3,12,16H,4-11,13-15H2,1H3,(H,30,34)(H,31,35)/t25-/m0/s1. The van der Waals surface area contributed by atoms with Gasteiger partial charge in [-0.15, -0.1) is 0 Å². The first-order valence-corrected chi connectivity index (χ1v) is 15.2. The number of carbonyl (C=O) groups is 2. The van der Waals surface area contributed by atoms with Crippen LogP contribution in [-0.2, 0) is 44.3 Å². The summed E-state index contributed by atoms with van der Waals surface area (Å²) in [7, 11) is -3.60. The number of rotatable bonds is 8. The first-order valence-electron chi connectivity index (χ1n) is 13.1. The number of amides is 2. The van der Waals surface area contributed by atoms with Gasteiger partial charge in [0.15, 0.2) is 16.4 Å². The van der Waals surface area contributed by atoms with Gasteiger partial charge < -0.3 is 20.1 Å². The van der Waals surface area contributed by atoms with Gasteiger partial charge in [-0.05, 0) is 61.3 Å². The number of sulfone groups is 1. The highest BCUT2D eigenvalue weighted by Gasteiger charge is 2.46. The lowest BCUT2D eigenvalue weighted by Crippen LogP contribution is -2.49. The van der Waals surface area contributed by atoms with Gasteiger partial charge in [0.25, 0.3) is 5.91 Å². The van der Waals surface area contributed by atoms with Crippen LogP contribution in [0.4, 0.5) is 19.0 Å². The minimum absolute atomic E-state index is 0.101. The lowest BCUT2D eigenvalue weighted by molar-refractivity contribution is -0.153. The summed E-state index contributed by atoms with van der Waals surface area (Å²) in [5, 5.41) is 10.4.